The fourth-order valence-electron chi connectivity index (χ4n) is 1.57. The van der Waals surface area contributed by atoms with E-state index in [1.807, 2.05) is 42.6 Å². The number of hydrazone groups is 1. The molecule has 0 aromatic heterocycles. The summed E-state index contributed by atoms with van der Waals surface area (Å²) in [6.45, 7) is 0. The molecule has 2 aromatic carbocycles. The maximum Gasteiger partial charge on any atom is 0.0561 e. The third-order valence-corrected chi connectivity index (χ3v) is 2.46. The SMILES string of the molecule is C(/CCc1ccccc1)=N\Nc1ccccc1. The zero-order valence-corrected chi connectivity index (χ0v) is 9.71. The second-order valence-electron chi connectivity index (χ2n) is 3.81. The molecule has 0 spiro atoms. The van der Waals surface area contributed by atoms with Gasteiger partial charge in [-0.1, -0.05) is 48.5 Å². The van der Waals surface area contributed by atoms with Gasteiger partial charge in [-0.2, -0.15) is 5.10 Å². The van der Waals surface area contributed by atoms with Crippen LogP contribution < -0.4 is 5.43 Å². The van der Waals surface area contributed by atoms with Gasteiger partial charge in [0.1, 0.15) is 0 Å². The molecule has 0 radical (unpaired) electrons. The van der Waals surface area contributed by atoms with Crippen LogP contribution in [0.3, 0.4) is 0 Å². The van der Waals surface area contributed by atoms with Gasteiger partial charge in [0.05, 0.1) is 5.69 Å². The second-order valence-corrected chi connectivity index (χ2v) is 3.81. The van der Waals surface area contributed by atoms with E-state index in [0.717, 1.165) is 18.5 Å². The zero-order chi connectivity index (χ0) is 11.8. The Kier molecular flexibility index (Phi) is 4.35. The van der Waals surface area contributed by atoms with Crippen LogP contribution in [0.4, 0.5) is 5.69 Å². The first-order valence-corrected chi connectivity index (χ1v) is 5.81. The quantitative estimate of drug-likeness (QED) is 0.607. The minimum atomic E-state index is 0.948. The van der Waals surface area contributed by atoms with E-state index >= 15 is 0 Å². The number of aryl methyl sites for hydroxylation is 1. The van der Waals surface area contributed by atoms with Crippen molar-refractivity contribution >= 4 is 11.9 Å². The summed E-state index contributed by atoms with van der Waals surface area (Å²) in [5.74, 6) is 0. The predicted octanol–water partition coefficient (Wildman–Crippen LogP) is 3.72. The van der Waals surface area contributed by atoms with Crippen LogP contribution in [0.15, 0.2) is 65.8 Å². The largest absolute Gasteiger partial charge is 0.279 e. The standard InChI is InChI=1S/C15H16N2/c1-3-8-14(9-4-1)10-7-13-16-17-15-11-5-2-6-12-15/h1-6,8-9,11-13,17H,7,10H2/b16-13+. The highest BCUT2D eigenvalue weighted by Gasteiger charge is 1.89. The maximum absolute atomic E-state index is 4.18. The molecule has 0 fully saturated rings. The predicted molar refractivity (Wildman–Crippen MR) is 73.3 cm³/mol. The average Bonchev–Trinajstić information content (AvgIpc) is 2.41. The molecule has 0 aliphatic carbocycles. The first kappa shape index (κ1) is 11.4. The van der Waals surface area contributed by atoms with Crippen molar-refractivity contribution in [1.82, 2.24) is 0 Å². The van der Waals surface area contributed by atoms with E-state index in [9.17, 15) is 0 Å². The van der Waals surface area contributed by atoms with Crippen molar-refractivity contribution in [3.05, 3.63) is 66.2 Å². The second kappa shape index (κ2) is 6.48. The fourth-order valence-corrected chi connectivity index (χ4v) is 1.57. The number of nitrogens with zero attached hydrogens (tertiary/aromatic N) is 1. The van der Waals surface area contributed by atoms with E-state index < -0.39 is 0 Å². The summed E-state index contributed by atoms with van der Waals surface area (Å²) in [5.41, 5.74) is 5.36. The van der Waals surface area contributed by atoms with E-state index in [1.165, 1.54) is 5.56 Å². The van der Waals surface area contributed by atoms with Gasteiger partial charge in [-0.05, 0) is 30.5 Å². The van der Waals surface area contributed by atoms with E-state index in [4.69, 9.17) is 0 Å². The highest BCUT2D eigenvalue weighted by Crippen LogP contribution is 2.04. The molecule has 0 amide bonds. The lowest BCUT2D eigenvalue weighted by Crippen LogP contribution is -1.90. The van der Waals surface area contributed by atoms with Gasteiger partial charge in [0.25, 0.3) is 0 Å². The molecule has 0 aliphatic rings. The van der Waals surface area contributed by atoms with Crippen molar-refractivity contribution in [3.8, 4) is 0 Å². The molecule has 2 nitrogen and oxygen atoms in total. The van der Waals surface area contributed by atoms with Crippen molar-refractivity contribution in [2.75, 3.05) is 5.43 Å². The van der Waals surface area contributed by atoms with Crippen LogP contribution in [-0.4, -0.2) is 6.21 Å². The van der Waals surface area contributed by atoms with Crippen molar-refractivity contribution in [2.45, 2.75) is 12.8 Å². The summed E-state index contributed by atoms with van der Waals surface area (Å²) in [7, 11) is 0. The summed E-state index contributed by atoms with van der Waals surface area (Å²) in [5, 5.41) is 4.18. The zero-order valence-electron chi connectivity index (χ0n) is 9.71. The normalized spacial score (nSPS) is 10.6. The molecular formula is C15H16N2. The van der Waals surface area contributed by atoms with E-state index in [0.29, 0.717) is 0 Å². The number of para-hydroxylation sites is 1. The Morgan fingerprint density at radius 3 is 2.24 bits per heavy atom. The Bertz CT molecular complexity index is 449. The summed E-state index contributed by atoms with van der Waals surface area (Å²) in [4.78, 5) is 0. The summed E-state index contributed by atoms with van der Waals surface area (Å²) < 4.78 is 0. The number of rotatable bonds is 5. The highest BCUT2D eigenvalue weighted by molar-refractivity contribution is 5.59. The minimum absolute atomic E-state index is 0.948. The van der Waals surface area contributed by atoms with E-state index in [-0.39, 0.29) is 0 Å². The monoisotopic (exact) mass is 224 g/mol. The Morgan fingerprint density at radius 1 is 0.882 bits per heavy atom. The van der Waals surface area contributed by atoms with Crippen LogP contribution in [0.5, 0.6) is 0 Å². The third kappa shape index (κ3) is 4.11. The molecular weight excluding hydrogens is 208 g/mol. The number of hydrogen-bond donors (Lipinski definition) is 1. The molecule has 2 heteroatoms. The molecule has 17 heavy (non-hydrogen) atoms. The van der Waals surface area contributed by atoms with Crippen molar-refractivity contribution in [2.24, 2.45) is 5.10 Å². The van der Waals surface area contributed by atoms with Gasteiger partial charge in [-0.3, -0.25) is 5.43 Å². The summed E-state index contributed by atoms with van der Waals surface area (Å²) in [6.07, 6.45) is 3.89. The van der Waals surface area contributed by atoms with Gasteiger partial charge in [0.15, 0.2) is 0 Å². The molecule has 0 bridgehead atoms. The van der Waals surface area contributed by atoms with Crippen LogP contribution in [0, 0.1) is 0 Å². The van der Waals surface area contributed by atoms with Crippen LogP contribution in [0.25, 0.3) is 0 Å². The van der Waals surface area contributed by atoms with Crippen molar-refractivity contribution in [1.29, 1.82) is 0 Å². The molecule has 2 aromatic rings. The summed E-state index contributed by atoms with van der Waals surface area (Å²) in [6, 6.07) is 20.4. The number of anilines is 1. The van der Waals surface area contributed by atoms with Crippen molar-refractivity contribution in [3.63, 3.8) is 0 Å². The molecule has 0 unspecified atom stereocenters. The van der Waals surface area contributed by atoms with Crippen LogP contribution in [0.1, 0.15) is 12.0 Å². The van der Waals surface area contributed by atoms with E-state index in [2.05, 4.69) is 34.8 Å². The molecule has 0 aliphatic heterocycles. The average molecular weight is 224 g/mol. The molecule has 86 valence electrons. The highest BCUT2D eigenvalue weighted by atomic mass is 15.3. The third-order valence-electron chi connectivity index (χ3n) is 2.46. The lowest BCUT2D eigenvalue weighted by molar-refractivity contribution is 1.05. The smallest absolute Gasteiger partial charge is 0.0561 e. The minimum Gasteiger partial charge on any atom is -0.279 e. The maximum atomic E-state index is 4.18. The number of hydrogen-bond acceptors (Lipinski definition) is 2. The van der Waals surface area contributed by atoms with Gasteiger partial charge in [-0.25, -0.2) is 0 Å². The Balaban J connectivity index is 1.72. The Morgan fingerprint density at radius 2 is 1.53 bits per heavy atom. The van der Waals surface area contributed by atoms with Gasteiger partial charge < -0.3 is 0 Å². The van der Waals surface area contributed by atoms with Gasteiger partial charge in [0.2, 0.25) is 0 Å². The first-order chi connectivity index (χ1) is 8.45. The molecule has 1 N–H and O–H groups in total. The Hall–Kier alpha value is -2.09. The number of nitrogens with one attached hydrogen (secondary N) is 1. The summed E-state index contributed by atoms with van der Waals surface area (Å²) >= 11 is 0. The molecule has 0 heterocycles. The first-order valence-electron chi connectivity index (χ1n) is 5.81. The fraction of sp³-hybridized carbons (Fsp3) is 0.133. The van der Waals surface area contributed by atoms with Gasteiger partial charge >= 0.3 is 0 Å². The molecule has 0 atom stereocenters. The topological polar surface area (TPSA) is 24.4 Å². The molecule has 0 saturated carbocycles. The van der Waals surface area contributed by atoms with Crippen LogP contribution in [-0.2, 0) is 6.42 Å². The lowest BCUT2D eigenvalue weighted by atomic mass is 10.1. The molecule has 2 rings (SSSR count). The van der Waals surface area contributed by atoms with Crippen LogP contribution >= 0.6 is 0 Å². The van der Waals surface area contributed by atoms with Gasteiger partial charge in [-0.15, -0.1) is 0 Å². The van der Waals surface area contributed by atoms with Gasteiger partial charge in [0, 0.05) is 6.21 Å². The lowest BCUT2D eigenvalue weighted by Gasteiger charge is -1.99. The molecule has 0 saturated heterocycles. The number of benzene rings is 2. The Labute approximate surface area is 102 Å². The van der Waals surface area contributed by atoms with Crippen LogP contribution in [0.2, 0.25) is 0 Å². The van der Waals surface area contributed by atoms with E-state index in [1.54, 1.807) is 0 Å². The van der Waals surface area contributed by atoms with Crippen molar-refractivity contribution < 1.29 is 0 Å².